The van der Waals surface area contributed by atoms with Crippen molar-refractivity contribution in [1.82, 2.24) is 4.90 Å². The normalized spacial score (nSPS) is 24.6. The second-order valence-electron chi connectivity index (χ2n) is 4.81. The van der Waals surface area contributed by atoms with E-state index in [2.05, 4.69) is 0 Å². The number of aliphatic hydroxyl groups is 1. The molecule has 104 valence electrons. The van der Waals surface area contributed by atoms with Crippen LogP contribution in [0.15, 0.2) is 18.2 Å². The summed E-state index contributed by atoms with van der Waals surface area (Å²) in [4.78, 5) is 12.7. The van der Waals surface area contributed by atoms with Crippen molar-refractivity contribution in [3.05, 3.63) is 35.4 Å². The summed E-state index contributed by atoms with van der Waals surface area (Å²) in [6, 6.07) is 2.53. The van der Waals surface area contributed by atoms with Gasteiger partial charge in [-0.25, -0.2) is 13.2 Å². The Balaban J connectivity index is 2.23. The van der Waals surface area contributed by atoms with Gasteiger partial charge >= 0.3 is 0 Å². The van der Waals surface area contributed by atoms with E-state index in [9.17, 15) is 23.1 Å². The number of nitrogens with zero attached hydrogens (tertiary/aromatic N) is 1. The fraction of sp³-hybridized carbons (Fsp3) is 0.462. The zero-order valence-corrected chi connectivity index (χ0v) is 10.4. The number of carbonyl (C=O) groups excluding carboxylic acids is 1. The number of hydrogen-bond acceptors (Lipinski definition) is 2. The summed E-state index contributed by atoms with van der Waals surface area (Å²) in [6.45, 7) is 1.10. The van der Waals surface area contributed by atoms with Crippen LogP contribution in [0.5, 0.6) is 0 Å². The average Bonchev–Trinajstić information content (AvgIpc) is 2.71. The van der Waals surface area contributed by atoms with Gasteiger partial charge < -0.3 is 10.0 Å². The first-order valence-electron chi connectivity index (χ1n) is 5.94. The maximum Gasteiger partial charge on any atom is 0.251 e. The van der Waals surface area contributed by atoms with E-state index in [0.29, 0.717) is 6.07 Å². The standard InChI is InChI=1S/C13H14F3NO2/c1-8(18)12(19)17-3-2-13(16,7-17)9-4-10(14)6-11(15)5-9/h4-6,8,18H,2-3,7H2,1H3/t8-,13+/m0/s1. The number of amides is 1. The van der Waals surface area contributed by atoms with Gasteiger partial charge in [0.15, 0.2) is 5.67 Å². The minimum absolute atomic E-state index is 0.0473. The van der Waals surface area contributed by atoms with Crippen LogP contribution >= 0.6 is 0 Å². The van der Waals surface area contributed by atoms with E-state index in [0.717, 1.165) is 17.0 Å². The zero-order valence-electron chi connectivity index (χ0n) is 10.4. The Morgan fingerprint density at radius 1 is 1.37 bits per heavy atom. The summed E-state index contributed by atoms with van der Waals surface area (Å²) in [5.74, 6) is -2.30. The Morgan fingerprint density at radius 2 is 1.95 bits per heavy atom. The lowest BCUT2D eigenvalue weighted by molar-refractivity contribution is -0.138. The van der Waals surface area contributed by atoms with Crippen molar-refractivity contribution in [2.45, 2.75) is 25.1 Å². The van der Waals surface area contributed by atoms with Gasteiger partial charge in [-0.05, 0) is 24.6 Å². The molecule has 1 aliphatic heterocycles. The first-order valence-corrected chi connectivity index (χ1v) is 5.94. The van der Waals surface area contributed by atoms with E-state index in [4.69, 9.17) is 0 Å². The van der Waals surface area contributed by atoms with Gasteiger partial charge in [-0.15, -0.1) is 0 Å². The number of rotatable bonds is 2. The van der Waals surface area contributed by atoms with Crippen molar-refractivity contribution in [1.29, 1.82) is 0 Å². The van der Waals surface area contributed by atoms with Crippen LogP contribution in [0, 0.1) is 11.6 Å². The van der Waals surface area contributed by atoms with E-state index in [1.165, 1.54) is 6.92 Å². The van der Waals surface area contributed by atoms with Gasteiger partial charge in [0.1, 0.15) is 17.7 Å². The van der Waals surface area contributed by atoms with Crippen molar-refractivity contribution < 1.29 is 23.1 Å². The number of alkyl halides is 1. The van der Waals surface area contributed by atoms with E-state index in [1.54, 1.807) is 0 Å². The highest BCUT2D eigenvalue weighted by Crippen LogP contribution is 2.36. The molecule has 1 aromatic carbocycles. The van der Waals surface area contributed by atoms with Gasteiger partial charge in [0.2, 0.25) is 0 Å². The molecule has 0 aliphatic carbocycles. The van der Waals surface area contributed by atoms with Crippen molar-refractivity contribution in [2.24, 2.45) is 0 Å². The molecule has 1 fully saturated rings. The fourth-order valence-corrected chi connectivity index (χ4v) is 2.27. The highest BCUT2D eigenvalue weighted by atomic mass is 19.1. The summed E-state index contributed by atoms with van der Waals surface area (Å²) in [5.41, 5.74) is -2.10. The number of aliphatic hydroxyl groups excluding tert-OH is 1. The van der Waals surface area contributed by atoms with Crippen LogP contribution in [0.2, 0.25) is 0 Å². The van der Waals surface area contributed by atoms with E-state index in [1.807, 2.05) is 0 Å². The lowest BCUT2D eigenvalue weighted by Crippen LogP contribution is -2.38. The predicted molar refractivity (Wildman–Crippen MR) is 62.0 cm³/mol. The van der Waals surface area contributed by atoms with Gasteiger partial charge in [0, 0.05) is 19.0 Å². The molecule has 0 radical (unpaired) electrons. The molecule has 0 aromatic heterocycles. The van der Waals surface area contributed by atoms with Crippen LogP contribution in [0.1, 0.15) is 18.9 Å². The summed E-state index contributed by atoms with van der Waals surface area (Å²) in [7, 11) is 0. The number of likely N-dealkylation sites (tertiary alicyclic amines) is 1. The summed E-state index contributed by atoms with van der Waals surface area (Å²) in [6.07, 6.45) is -1.26. The molecule has 6 heteroatoms. The predicted octanol–water partition coefficient (Wildman–Crippen LogP) is 1.74. The minimum Gasteiger partial charge on any atom is -0.384 e. The van der Waals surface area contributed by atoms with Crippen molar-refractivity contribution in [2.75, 3.05) is 13.1 Å². The minimum atomic E-state index is -1.98. The first kappa shape index (κ1) is 13.9. The molecule has 0 unspecified atom stereocenters. The van der Waals surface area contributed by atoms with Crippen LogP contribution in [0.25, 0.3) is 0 Å². The maximum absolute atomic E-state index is 14.7. The smallest absolute Gasteiger partial charge is 0.251 e. The van der Waals surface area contributed by atoms with Crippen LogP contribution in [0.4, 0.5) is 13.2 Å². The van der Waals surface area contributed by atoms with Gasteiger partial charge in [0.25, 0.3) is 5.91 Å². The Labute approximate surface area is 108 Å². The van der Waals surface area contributed by atoms with Gasteiger partial charge in [-0.3, -0.25) is 4.79 Å². The fourth-order valence-electron chi connectivity index (χ4n) is 2.27. The van der Waals surface area contributed by atoms with Gasteiger partial charge in [-0.2, -0.15) is 0 Å². The van der Waals surface area contributed by atoms with Crippen molar-refractivity contribution >= 4 is 5.91 Å². The summed E-state index contributed by atoms with van der Waals surface area (Å²) in [5, 5.41) is 9.18. The number of carbonyl (C=O) groups is 1. The third-order valence-corrected chi connectivity index (χ3v) is 3.27. The topological polar surface area (TPSA) is 40.5 Å². The van der Waals surface area contributed by atoms with Crippen LogP contribution in [-0.2, 0) is 10.5 Å². The van der Waals surface area contributed by atoms with Crippen LogP contribution in [-0.4, -0.2) is 35.1 Å². The molecule has 1 aliphatic rings. The Hall–Kier alpha value is -1.56. The second-order valence-corrected chi connectivity index (χ2v) is 4.81. The monoisotopic (exact) mass is 273 g/mol. The molecule has 0 bridgehead atoms. The number of halogens is 3. The molecular weight excluding hydrogens is 259 g/mol. The third kappa shape index (κ3) is 2.73. The quantitative estimate of drug-likeness (QED) is 0.891. The SMILES string of the molecule is C[C@H](O)C(=O)N1CC[C@](F)(c2cc(F)cc(F)c2)C1. The summed E-state index contributed by atoms with van der Waals surface area (Å²) < 4.78 is 40.9. The van der Waals surface area contributed by atoms with Crippen molar-refractivity contribution in [3.63, 3.8) is 0 Å². The molecule has 1 heterocycles. The van der Waals surface area contributed by atoms with Crippen LogP contribution < -0.4 is 0 Å². The first-order chi connectivity index (χ1) is 8.82. The highest BCUT2D eigenvalue weighted by molar-refractivity contribution is 5.80. The second kappa shape index (κ2) is 4.85. The molecule has 1 N–H and O–H groups in total. The van der Waals surface area contributed by atoms with Crippen molar-refractivity contribution in [3.8, 4) is 0 Å². The van der Waals surface area contributed by atoms with Gasteiger partial charge in [-0.1, -0.05) is 0 Å². The third-order valence-electron chi connectivity index (χ3n) is 3.27. The molecule has 2 atom stereocenters. The highest BCUT2D eigenvalue weighted by Gasteiger charge is 2.42. The Bertz CT molecular complexity index is 486. The van der Waals surface area contributed by atoms with Gasteiger partial charge in [0.05, 0.1) is 6.54 Å². The molecule has 1 amide bonds. The Morgan fingerprint density at radius 3 is 2.47 bits per heavy atom. The molecule has 1 saturated heterocycles. The molecular formula is C13H14F3NO2. The Kier molecular flexibility index (Phi) is 3.54. The largest absolute Gasteiger partial charge is 0.384 e. The molecule has 0 saturated carbocycles. The molecule has 19 heavy (non-hydrogen) atoms. The van der Waals surface area contributed by atoms with Crippen LogP contribution in [0.3, 0.4) is 0 Å². The number of hydrogen-bond donors (Lipinski definition) is 1. The van der Waals surface area contributed by atoms with E-state index < -0.39 is 29.3 Å². The van der Waals surface area contributed by atoms with E-state index >= 15 is 0 Å². The molecule has 2 rings (SSSR count). The number of benzene rings is 1. The zero-order chi connectivity index (χ0) is 14.2. The molecule has 0 spiro atoms. The average molecular weight is 273 g/mol. The lowest BCUT2D eigenvalue weighted by atomic mass is 9.95. The molecule has 1 aromatic rings. The van der Waals surface area contributed by atoms with E-state index in [-0.39, 0.29) is 25.1 Å². The molecule has 3 nitrogen and oxygen atoms in total. The lowest BCUT2D eigenvalue weighted by Gasteiger charge is -2.22. The summed E-state index contributed by atoms with van der Waals surface area (Å²) >= 11 is 0. The maximum atomic E-state index is 14.7.